The van der Waals surface area contributed by atoms with E-state index in [0.717, 1.165) is 49.7 Å². The Morgan fingerprint density at radius 3 is 1.61 bits per heavy atom. The Hall–Kier alpha value is -3.68. The van der Waals surface area contributed by atoms with Crippen molar-refractivity contribution in [1.82, 2.24) is 16.0 Å². The van der Waals surface area contributed by atoms with E-state index < -0.39 is 12.2 Å². The maximum Gasteiger partial charge on any atom is 0.407 e. The van der Waals surface area contributed by atoms with Gasteiger partial charge in [0.2, 0.25) is 0 Å². The van der Waals surface area contributed by atoms with E-state index in [1.165, 1.54) is 0 Å². The largest absolute Gasteiger partial charge is 0.455 e. The monoisotopic (exact) mass is 711 g/mol. The molecule has 6 rings (SSSR count). The van der Waals surface area contributed by atoms with Crippen LogP contribution in [0.3, 0.4) is 0 Å². The van der Waals surface area contributed by atoms with Crippen LogP contribution in [0.5, 0.6) is 0 Å². The summed E-state index contributed by atoms with van der Waals surface area (Å²) in [5.41, 5.74) is 2.42. The number of alkyl carbamates (subject to hydrolysis) is 2. The summed E-state index contributed by atoms with van der Waals surface area (Å²) in [6.45, 7) is 14.7. The van der Waals surface area contributed by atoms with Gasteiger partial charge in [-0.25, -0.2) is 19.2 Å². The van der Waals surface area contributed by atoms with Gasteiger partial charge < -0.3 is 44.4 Å². The highest BCUT2D eigenvalue weighted by Gasteiger charge is 2.62. The summed E-state index contributed by atoms with van der Waals surface area (Å²) in [5, 5.41) is 8.91. The number of hydrogen-bond donors (Lipinski definition) is 3. The minimum Gasteiger partial charge on any atom is -0.455 e. The highest BCUT2D eigenvalue weighted by atomic mass is 16.7. The molecule has 13 heteroatoms. The standard InChI is InChI=1S/C38H53N3O10/c1-23-27-13-11-25(9-5-15-37(3)31(50-37)29(27)48-33(23)42)21-46-35(44)40-19-7-17-39-18-8-20-41-36(45)47-22-26-10-6-16-38(4)32(51-38)30-28(14-12-26)24(2)34(43)49-30/h9-10,27-32,39H,1-2,5-8,11-22H2,3-4H3,(H,40,44)(H,41,45)/b25-9+,26-10+/t27-,28+,29-,30+,31-,32+,37+,38-. The predicted molar refractivity (Wildman–Crippen MR) is 185 cm³/mol. The first-order valence-electron chi connectivity index (χ1n) is 18.5. The van der Waals surface area contributed by atoms with Crippen molar-refractivity contribution < 1.29 is 47.6 Å². The molecule has 0 aromatic carbocycles. The molecule has 2 amide bonds. The van der Waals surface area contributed by atoms with Gasteiger partial charge >= 0.3 is 24.1 Å². The lowest BCUT2D eigenvalue weighted by Gasteiger charge is -2.20. The van der Waals surface area contributed by atoms with Crippen LogP contribution in [-0.4, -0.2) is 99.1 Å². The van der Waals surface area contributed by atoms with E-state index in [-0.39, 0.29) is 72.6 Å². The summed E-state index contributed by atoms with van der Waals surface area (Å²) in [6, 6.07) is 0. The van der Waals surface area contributed by atoms with Gasteiger partial charge in [-0.1, -0.05) is 25.3 Å². The zero-order valence-corrected chi connectivity index (χ0v) is 29.9. The van der Waals surface area contributed by atoms with Crippen molar-refractivity contribution in [3.63, 3.8) is 0 Å². The van der Waals surface area contributed by atoms with Crippen LogP contribution in [0.25, 0.3) is 0 Å². The number of epoxide rings is 2. The SMILES string of the molecule is C=C1C(=O)O[C@@H]2[C@@H]1CC/C(COC(=O)NCCCNCCCNC(=O)OC/C1=C/CC[C@@]3(C)O[C@H]3[C@H]3OC(=O)C(=C)[C@@H]3CC1)=C\CC[C@]1(C)O[C@H]21. The molecule has 0 bridgehead atoms. The van der Waals surface area contributed by atoms with E-state index in [9.17, 15) is 19.2 Å². The molecule has 8 atom stereocenters. The second kappa shape index (κ2) is 15.9. The third-order valence-corrected chi connectivity index (χ3v) is 11.3. The van der Waals surface area contributed by atoms with Gasteiger partial charge in [0.15, 0.2) is 0 Å². The second-order valence-electron chi connectivity index (χ2n) is 15.0. The maximum absolute atomic E-state index is 12.3. The Bertz CT molecular complexity index is 1350. The molecule has 4 fully saturated rings. The molecule has 2 aliphatic carbocycles. The van der Waals surface area contributed by atoms with E-state index >= 15 is 0 Å². The molecular weight excluding hydrogens is 658 g/mol. The summed E-state index contributed by atoms with van der Waals surface area (Å²) in [5.74, 6) is -0.873. The fourth-order valence-electron chi connectivity index (χ4n) is 7.85. The Labute approximate surface area is 299 Å². The molecule has 0 spiro atoms. The zero-order chi connectivity index (χ0) is 36.2. The molecule has 0 aromatic heterocycles. The number of fused-ring (bicyclic) bond motifs is 6. The van der Waals surface area contributed by atoms with Crippen LogP contribution >= 0.6 is 0 Å². The minimum atomic E-state index is -0.465. The minimum absolute atomic E-state index is 0.0852. The Morgan fingerprint density at radius 1 is 0.745 bits per heavy atom. The zero-order valence-electron chi connectivity index (χ0n) is 29.9. The fraction of sp³-hybridized carbons (Fsp3) is 0.684. The van der Waals surface area contributed by atoms with Crippen LogP contribution in [0.2, 0.25) is 0 Å². The molecular formula is C38H53N3O10. The lowest BCUT2D eigenvalue weighted by atomic mass is 9.84. The molecule has 13 nitrogen and oxygen atoms in total. The van der Waals surface area contributed by atoms with E-state index in [0.29, 0.717) is 63.0 Å². The molecule has 280 valence electrons. The van der Waals surface area contributed by atoms with Crippen LogP contribution < -0.4 is 16.0 Å². The lowest BCUT2D eigenvalue weighted by Crippen LogP contribution is -2.31. The average Bonchev–Trinajstić information content (AvgIpc) is 3.91. The summed E-state index contributed by atoms with van der Waals surface area (Å²) in [4.78, 5) is 49.0. The van der Waals surface area contributed by atoms with Crippen molar-refractivity contribution in [2.45, 2.75) is 114 Å². The predicted octanol–water partition coefficient (Wildman–Crippen LogP) is 4.32. The van der Waals surface area contributed by atoms with Crippen molar-refractivity contribution in [2.75, 3.05) is 39.4 Å². The molecule has 0 unspecified atom stereocenters. The second-order valence-corrected chi connectivity index (χ2v) is 15.0. The van der Waals surface area contributed by atoms with Gasteiger partial charge in [-0.3, -0.25) is 0 Å². The highest BCUT2D eigenvalue weighted by Crippen LogP contribution is 2.51. The van der Waals surface area contributed by atoms with Crippen LogP contribution in [0, 0.1) is 11.8 Å². The number of carbonyl (C=O) groups excluding carboxylic acids is 4. The number of carbonyl (C=O) groups is 4. The molecule has 51 heavy (non-hydrogen) atoms. The quantitative estimate of drug-likeness (QED) is 0.0659. The van der Waals surface area contributed by atoms with Gasteiger partial charge in [-0.2, -0.15) is 0 Å². The summed E-state index contributed by atoms with van der Waals surface area (Å²) in [7, 11) is 0. The first-order valence-corrected chi connectivity index (χ1v) is 18.5. The summed E-state index contributed by atoms with van der Waals surface area (Å²) in [6.07, 6.45) is 9.99. The number of ether oxygens (including phenoxy) is 6. The summed E-state index contributed by atoms with van der Waals surface area (Å²) >= 11 is 0. The Morgan fingerprint density at radius 2 is 1.18 bits per heavy atom. The number of allylic oxidation sites excluding steroid dienone is 2. The summed E-state index contributed by atoms with van der Waals surface area (Å²) < 4.78 is 34.1. The number of esters is 2. The smallest absolute Gasteiger partial charge is 0.407 e. The van der Waals surface area contributed by atoms with E-state index in [4.69, 9.17) is 28.4 Å². The van der Waals surface area contributed by atoms with Gasteiger partial charge in [0, 0.05) is 36.1 Å². The van der Waals surface area contributed by atoms with Crippen molar-refractivity contribution in [1.29, 1.82) is 0 Å². The van der Waals surface area contributed by atoms with Crippen LogP contribution in [0.4, 0.5) is 9.59 Å². The average molecular weight is 712 g/mol. The van der Waals surface area contributed by atoms with Crippen molar-refractivity contribution >= 4 is 24.1 Å². The fourth-order valence-corrected chi connectivity index (χ4v) is 7.85. The van der Waals surface area contributed by atoms with E-state index in [1.54, 1.807) is 0 Å². The first-order chi connectivity index (χ1) is 24.5. The van der Waals surface area contributed by atoms with Crippen LogP contribution in [-0.2, 0) is 38.0 Å². The number of rotatable bonds is 12. The van der Waals surface area contributed by atoms with Gasteiger partial charge in [-0.15, -0.1) is 0 Å². The van der Waals surface area contributed by atoms with Gasteiger partial charge in [0.1, 0.15) is 37.6 Å². The molecule has 0 saturated carbocycles. The topological polar surface area (TPSA) is 166 Å². The molecule has 0 aromatic rings. The van der Waals surface area contributed by atoms with Gasteiger partial charge in [-0.05, 0) is 102 Å². The molecule has 6 aliphatic rings. The van der Waals surface area contributed by atoms with E-state index in [2.05, 4.69) is 55.1 Å². The van der Waals surface area contributed by atoms with Crippen molar-refractivity contribution in [3.8, 4) is 0 Å². The van der Waals surface area contributed by atoms with Gasteiger partial charge in [0.05, 0.1) is 11.2 Å². The third-order valence-electron chi connectivity index (χ3n) is 11.3. The third kappa shape index (κ3) is 9.04. The van der Waals surface area contributed by atoms with Crippen LogP contribution in [0.1, 0.15) is 78.1 Å². The highest BCUT2D eigenvalue weighted by molar-refractivity contribution is 5.91. The first kappa shape index (κ1) is 37.1. The van der Waals surface area contributed by atoms with Crippen molar-refractivity contribution in [2.24, 2.45) is 11.8 Å². The van der Waals surface area contributed by atoms with Crippen molar-refractivity contribution in [3.05, 3.63) is 47.6 Å². The molecule has 4 heterocycles. The molecule has 4 aliphatic heterocycles. The molecule has 3 N–H and O–H groups in total. The lowest BCUT2D eigenvalue weighted by molar-refractivity contribution is -0.140. The number of amides is 2. The Balaban J connectivity index is 0.794. The maximum atomic E-state index is 12.3. The van der Waals surface area contributed by atoms with Gasteiger partial charge in [0.25, 0.3) is 0 Å². The number of hydrogen-bond acceptors (Lipinski definition) is 11. The normalized spacial score (nSPS) is 36.3. The Kier molecular flexibility index (Phi) is 11.6. The van der Waals surface area contributed by atoms with E-state index in [1.807, 2.05) is 0 Å². The molecule has 0 radical (unpaired) electrons. The number of nitrogens with one attached hydrogen (secondary N) is 3. The van der Waals surface area contributed by atoms with Crippen LogP contribution in [0.15, 0.2) is 47.6 Å². The molecule has 4 saturated heterocycles.